The van der Waals surface area contributed by atoms with Crippen molar-refractivity contribution in [2.45, 2.75) is 298 Å². The maximum Gasteiger partial charge on any atom is 0.283 e. The summed E-state index contributed by atoms with van der Waals surface area (Å²) < 4.78 is 67.1. The molecule has 33 nitrogen and oxygen atoms in total. The number of nitrogens with zero attached hydrogens (tertiary/aromatic N) is 13. The molecule has 0 unspecified atom stereocenters. The van der Waals surface area contributed by atoms with E-state index < -0.39 is 87.7 Å². The highest BCUT2D eigenvalue weighted by atomic mass is 32.2. The number of aliphatic hydroxyl groups is 3. The van der Waals surface area contributed by atoms with Crippen LogP contribution in [-0.4, -0.2) is 276 Å². The van der Waals surface area contributed by atoms with Crippen LogP contribution in [0.2, 0.25) is 0 Å². The molecule has 10 N–H and O–H groups in total. The molecule has 40 heteroatoms. The molecule has 0 radical (unpaired) electrons. The number of carbonyl (C=O) groups excluding carboxylic acids is 8. The van der Waals surface area contributed by atoms with Crippen LogP contribution in [-0.2, 0) is 9.84 Å². The van der Waals surface area contributed by atoms with Crippen LogP contribution in [0.1, 0.15) is 300 Å². The first-order chi connectivity index (χ1) is 64.8. The van der Waals surface area contributed by atoms with Gasteiger partial charge in [0, 0.05) is 127 Å². The Labute approximate surface area is 819 Å². The molecular formula is C97H132F2N20O13S5. The van der Waals surface area contributed by atoms with Gasteiger partial charge in [-0.2, -0.15) is 0 Å². The number of rotatable bonds is 24. The molecule has 2 bridgehead atoms. The highest BCUT2D eigenvalue weighted by Gasteiger charge is 2.49. The fraction of sp³-hybridized carbons (Fsp3) is 0.588. The Morgan fingerprint density at radius 1 is 0.540 bits per heavy atom. The third kappa shape index (κ3) is 25.7. The number of aliphatic hydroxyl groups excluding tert-OH is 1. The molecule has 15 heterocycles. The Morgan fingerprint density at radius 2 is 0.964 bits per heavy atom. The third-order valence-corrected chi connectivity index (χ3v) is 31.1. The fourth-order valence-corrected chi connectivity index (χ4v) is 23.4. The van der Waals surface area contributed by atoms with Gasteiger partial charge in [0.05, 0.1) is 82.8 Å². The Bertz CT molecular complexity index is 6040. The van der Waals surface area contributed by atoms with E-state index in [1.807, 2.05) is 96.4 Å². The standard InChI is InChI=1S/C25H35F2N5O3S.C24H31N5O4S2.C24H31N5O3S.C24H35N5O3S/c1-14-8-17(29-11-23(3,4)5)28-10-16(14)19-18(22(35)32-12-25(26,27)9-15(32)2)30-21(36-19)20(34)31-24(6,7)13-33;1-14-10-19(26-16-7-3-4-8-16)25-11-18(14)21-20(24(31)29-9-5-6-15(29)2)28-23(34-21)22(30)27-17-12-35(32,33)13-17;1-13(2)26-18-9-14(3)17(10-25-18)20-19(22(30)29-15-5-6-16(29)8-7-15)27-21(33-20)23(31)28-11-24(4,32)12-28;1-14-11-17(28-23(3,4)5)25-12-16(14)19-18(22(31)29-10-8-9-15(29)2)27-21(33-19)20(30)26-13-24(6,7)32/h8,10,15,33H,9,11-13H2,1-7H3,(H,28,29)(H,31,34);10-11,15-17H,3-9,12-13H2,1-2H3,(H,25,26)(H,27,30);9-10,13,15-16,32H,5-8,11-12H2,1-4H3,(H,25,26);11-12,15,32H,8-10,13H2,1-7H3,(H,25,28)(H,26,30)/t2*15-;;15-/m00.0/s1/i;;;13D2. The third-order valence-electron chi connectivity index (χ3n) is 25.0. The van der Waals surface area contributed by atoms with Gasteiger partial charge in [0.1, 0.15) is 46.0 Å². The number of halogens is 2. The van der Waals surface area contributed by atoms with Gasteiger partial charge in [0.15, 0.2) is 29.9 Å². The van der Waals surface area contributed by atoms with Crippen molar-refractivity contribution in [3.8, 4) is 41.8 Å². The molecule has 8 fully saturated rings. The van der Waals surface area contributed by atoms with Crippen molar-refractivity contribution in [1.82, 2.24) is 80.3 Å². The lowest BCUT2D eigenvalue weighted by Gasteiger charge is -2.43. The molecule has 1 aliphatic carbocycles. The maximum absolute atomic E-state index is 14.1. The largest absolute Gasteiger partial charge is 0.394 e. The summed E-state index contributed by atoms with van der Waals surface area (Å²) in [6, 6.07) is 8.03. The molecule has 8 aliphatic rings. The molecule has 0 aromatic carbocycles. The number of β-amino-alcohol motifs (C(OH)–C–C–N with tert-alkyl or cyclic N) is 1. The predicted molar refractivity (Wildman–Crippen MR) is 532 cm³/mol. The number of anilines is 4. The Kier molecular flexibility index (Phi) is 30.8. The van der Waals surface area contributed by atoms with Crippen LogP contribution < -0.4 is 37.2 Å². The Balaban J connectivity index is 0.000000156. The second kappa shape index (κ2) is 41.7. The van der Waals surface area contributed by atoms with Gasteiger partial charge in [0.2, 0.25) is 0 Å². The number of nitrogens with one attached hydrogen (secondary N) is 7. The van der Waals surface area contributed by atoms with E-state index in [9.17, 15) is 70.9 Å². The fourth-order valence-electron chi connectivity index (χ4n) is 17.9. The minimum absolute atomic E-state index is 0.00261. The van der Waals surface area contributed by atoms with Gasteiger partial charge in [-0.3, -0.25) is 38.4 Å². The number of hydrogen-bond donors (Lipinski definition) is 10. The first-order valence-corrected chi connectivity index (χ1v) is 52.0. The van der Waals surface area contributed by atoms with Gasteiger partial charge < -0.3 is 77.0 Å². The van der Waals surface area contributed by atoms with Gasteiger partial charge in [-0.25, -0.2) is 57.1 Å². The van der Waals surface area contributed by atoms with E-state index in [4.69, 9.17) is 2.74 Å². The van der Waals surface area contributed by atoms with E-state index in [-0.39, 0.29) is 128 Å². The van der Waals surface area contributed by atoms with Gasteiger partial charge in [-0.1, -0.05) is 33.6 Å². The zero-order chi connectivity index (χ0) is 102. The number of thiazole rings is 4. The molecule has 0 spiro atoms. The molecule has 8 aromatic heterocycles. The van der Waals surface area contributed by atoms with E-state index in [0.717, 1.165) is 148 Å². The molecule has 1 saturated carbocycles. The van der Waals surface area contributed by atoms with E-state index in [1.165, 1.54) is 38.0 Å². The first kappa shape index (κ1) is 101. The lowest BCUT2D eigenvalue weighted by molar-refractivity contribution is -0.0668. The number of likely N-dealkylation sites (tertiary alicyclic amines) is 4. The van der Waals surface area contributed by atoms with Crippen molar-refractivity contribution in [3.05, 3.63) is 114 Å². The average Bonchev–Trinajstić information content (AvgIpc) is 1.80. The summed E-state index contributed by atoms with van der Waals surface area (Å²) in [6.45, 7) is 36.5. The van der Waals surface area contributed by atoms with E-state index in [0.29, 0.717) is 78.6 Å². The number of sulfone groups is 1. The molecule has 8 aromatic rings. The Hall–Kier alpha value is -10.2. The van der Waals surface area contributed by atoms with Crippen molar-refractivity contribution < 1.29 is 73.6 Å². The Morgan fingerprint density at radius 3 is 1.39 bits per heavy atom. The highest BCUT2D eigenvalue weighted by molar-refractivity contribution is 7.92. The van der Waals surface area contributed by atoms with Crippen LogP contribution in [0.5, 0.6) is 0 Å². The number of fused-ring (bicyclic) bond motifs is 2. The first-order valence-electron chi connectivity index (χ1n) is 48.0. The van der Waals surface area contributed by atoms with E-state index in [1.54, 1.807) is 62.3 Å². The highest BCUT2D eigenvalue weighted by Crippen LogP contribution is 2.45. The van der Waals surface area contributed by atoms with Crippen molar-refractivity contribution >= 4 is 126 Å². The summed E-state index contributed by atoms with van der Waals surface area (Å²) in [4.78, 5) is 152. The molecular weight excluding hydrogens is 1850 g/mol. The number of aromatic nitrogens is 8. The summed E-state index contributed by atoms with van der Waals surface area (Å²) in [5.74, 6) is -3.37. The van der Waals surface area contributed by atoms with Crippen LogP contribution >= 0.6 is 45.3 Å². The minimum Gasteiger partial charge on any atom is -0.394 e. The van der Waals surface area contributed by atoms with Gasteiger partial charge >= 0.3 is 0 Å². The molecule has 16 rings (SSSR count). The SMILES string of the molecule is Cc1cc(NC(C)C)ncc1-c1sc(C(=O)N2CC(C)(O)C2)nc1C(=O)N1C2CCC1CC2.Cc1cc(NC2CCCC2)ncc1-c1sc(C(=O)NC2CS(=O)(=O)C2)nc1C(=O)N1CCC[C@@H]1C.Cc1cc(NCC(C)(C)C)ncc1-c1sc(C(=O)NC(C)(C)CO)nc1C(=O)N1CC(F)(F)C[C@@H]1C.[2H]C([2H])(NC(=O)c1nc(C(=O)N2CCC[C@@H]2C)c(-c2cnc(NC(C)(C)C)cc2C)s1)C(C)(C)O. The molecule has 7 saturated heterocycles. The van der Waals surface area contributed by atoms with Crippen molar-refractivity contribution in [1.29, 1.82) is 0 Å². The topological polar surface area (TPSA) is 435 Å². The molecule has 742 valence electrons. The minimum atomic E-state index is -3.06. The quantitative estimate of drug-likeness (QED) is 0.0269. The summed E-state index contributed by atoms with van der Waals surface area (Å²) >= 11 is 4.42. The lowest BCUT2D eigenvalue weighted by Crippen LogP contribution is -2.61. The van der Waals surface area contributed by atoms with Gasteiger partial charge in [-0.15, -0.1) is 45.3 Å². The summed E-state index contributed by atoms with van der Waals surface area (Å²) in [7, 11) is -3.06. The summed E-state index contributed by atoms with van der Waals surface area (Å²) in [5.41, 5.74) is 3.45. The van der Waals surface area contributed by atoms with Crippen molar-refractivity contribution in [2.75, 3.05) is 85.1 Å². The second-order valence-electron chi connectivity index (χ2n) is 41.6. The smallest absolute Gasteiger partial charge is 0.283 e. The van der Waals surface area contributed by atoms with Crippen molar-refractivity contribution in [3.63, 3.8) is 0 Å². The maximum atomic E-state index is 14.1. The second-order valence-corrected chi connectivity index (χ2v) is 47.7. The van der Waals surface area contributed by atoms with Gasteiger partial charge in [-0.05, 0) is 234 Å². The number of hydrogen-bond acceptors (Lipinski definition) is 29. The van der Waals surface area contributed by atoms with Crippen LogP contribution in [0.4, 0.5) is 32.1 Å². The number of aryl methyl sites for hydroxylation is 4. The van der Waals surface area contributed by atoms with Crippen LogP contribution in [0.15, 0.2) is 49.1 Å². The number of pyridine rings is 4. The normalized spacial score (nSPS) is 20.3. The van der Waals surface area contributed by atoms with Gasteiger partial charge in [0.25, 0.3) is 53.2 Å². The zero-order valence-corrected chi connectivity index (χ0v) is 85.9. The zero-order valence-electron chi connectivity index (χ0n) is 83.8. The molecule has 8 amide bonds. The van der Waals surface area contributed by atoms with Crippen LogP contribution in [0, 0.1) is 33.1 Å². The predicted octanol–water partition coefficient (Wildman–Crippen LogP) is 14.5. The van der Waals surface area contributed by atoms with Crippen LogP contribution in [0.25, 0.3) is 41.8 Å². The molecule has 137 heavy (non-hydrogen) atoms. The average molecular weight is 1990 g/mol. The van der Waals surface area contributed by atoms with Crippen molar-refractivity contribution in [2.24, 2.45) is 5.41 Å². The number of alkyl halides is 2. The molecule has 7 aliphatic heterocycles. The number of amides is 8. The van der Waals surface area contributed by atoms with Crippen LogP contribution in [0.3, 0.4) is 0 Å². The van der Waals surface area contributed by atoms with E-state index >= 15 is 0 Å². The van der Waals surface area contributed by atoms with E-state index in [2.05, 4.69) is 112 Å². The summed E-state index contributed by atoms with van der Waals surface area (Å²) in [6.07, 6.45) is 19.0. The number of carbonyl (C=O) groups is 8. The summed E-state index contributed by atoms with van der Waals surface area (Å²) in [5, 5.41) is 51.1. The lowest BCUT2D eigenvalue weighted by atomic mass is 9.97. The molecule has 3 atom stereocenters. The monoisotopic (exact) mass is 1980 g/mol.